The van der Waals surface area contributed by atoms with E-state index in [1.807, 2.05) is 24.0 Å². The van der Waals surface area contributed by atoms with Crippen LogP contribution < -0.4 is 9.64 Å². The number of aromatic nitrogens is 3. The second kappa shape index (κ2) is 11.4. The molecule has 0 bridgehead atoms. The summed E-state index contributed by atoms with van der Waals surface area (Å²) in [5, 5.41) is 0. The summed E-state index contributed by atoms with van der Waals surface area (Å²) < 4.78 is 38.6. The van der Waals surface area contributed by atoms with Crippen molar-refractivity contribution < 1.29 is 22.7 Å². The molecule has 2 aliphatic heterocycles. The van der Waals surface area contributed by atoms with Gasteiger partial charge in [0.2, 0.25) is 15.9 Å². The van der Waals surface area contributed by atoms with Gasteiger partial charge in [-0.15, -0.1) is 0 Å². The number of hydrogen-bond acceptors (Lipinski definition) is 9. The highest BCUT2D eigenvalue weighted by molar-refractivity contribution is 7.89. The van der Waals surface area contributed by atoms with Gasteiger partial charge in [-0.25, -0.2) is 23.2 Å². The van der Waals surface area contributed by atoms with E-state index in [9.17, 15) is 13.2 Å². The molecule has 2 saturated heterocycles. The van der Waals surface area contributed by atoms with Gasteiger partial charge in [0.1, 0.15) is 11.4 Å². The third-order valence-corrected chi connectivity index (χ3v) is 9.47. The molecule has 0 unspecified atom stereocenters. The maximum absolute atomic E-state index is 12.8. The van der Waals surface area contributed by atoms with E-state index in [4.69, 9.17) is 9.47 Å². The van der Waals surface area contributed by atoms with Crippen LogP contribution in [0.1, 0.15) is 38.2 Å². The van der Waals surface area contributed by atoms with E-state index in [-0.39, 0.29) is 17.4 Å². The number of carbonyl (C=O) groups excluding carboxylic acids is 1. The van der Waals surface area contributed by atoms with Crippen LogP contribution in [0.2, 0.25) is 0 Å². The zero-order valence-corrected chi connectivity index (χ0v) is 22.7. The summed E-state index contributed by atoms with van der Waals surface area (Å²) in [7, 11) is -3.32. The fraction of sp³-hybridized carbons (Fsp3) is 0.615. The van der Waals surface area contributed by atoms with Gasteiger partial charge in [0.25, 0.3) is 0 Å². The number of pyridine rings is 1. The summed E-state index contributed by atoms with van der Waals surface area (Å²) in [6.07, 6.45) is 10.6. The minimum absolute atomic E-state index is 0.0887. The molecule has 1 saturated carbocycles. The molecular weight excluding hydrogens is 508 g/mol. The second-order valence-electron chi connectivity index (χ2n) is 10.6. The van der Waals surface area contributed by atoms with Gasteiger partial charge in [-0.3, -0.25) is 4.98 Å². The molecule has 0 N–H and O–H groups in total. The topological polar surface area (TPSA) is 118 Å². The smallest absolute Gasteiger partial charge is 0.410 e. The SMILES string of the molecule is CC1(OC(=O)N2CCC(COc3cnc(N4CCN(S(=O)(=O)CCc5ccncc5)CC4)cn3)CC2)CC1. The Labute approximate surface area is 224 Å². The third kappa shape index (κ3) is 6.90. The third-order valence-electron chi connectivity index (χ3n) is 7.60. The average Bonchev–Trinajstić information content (AvgIpc) is 3.68. The predicted octanol–water partition coefficient (Wildman–Crippen LogP) is 2.35. The molecule has 0 aromatic carbocycles. The number of rotatable bonds is 9. The number of sulfonamides is 1. The molecule has 0 atom stereocenters. The molecule has 0 radical (unpaired) electrons. The van der Waals surface area contributed by atoms with Crippen LogP contribution in [0.25, 0.3) is 0 Å². The van der Waals surface area contributed by atoms with Gasteiger partial charge in [0, 0.05) is 51.7 Å². The number of amides is 1. The Morgan fingerprint density at radius 3 is 2.37 bits per heavy atom. The highest BCUT2D eigenvalue weighted by Gasteiger charge is 2.43. The first-order chi connectivity index (χ1) is 18.3. The van der Waals surface area contributed by atoms with Crippen molar-refractivity contribution in [3.05, 3.63) is 42.5 Å². The number of aryl methyl sites for hydroxylation is 1. The molecular formula is C26H36N6O5S. The van der Waals surface area contributed by atoms with Crippen LogP contribution >= 0.6 is 0 Å². The molecule has 38 heavy (non-hydrogen) atoms. The first kappa shape index (κ1) is 26.6. The molecule has 0 spiro atoms. The summed E-state index contributed by atoms with van der Waals surface area (Å²) in [6, 6.07) is 3.69. The number of nitrogens with zero attached hydrogens (tertiary/aromatic N) is 6. The molecule has 12 heteroatoms. The average molecular weight is 545 g/mol. The van der Waals surface area contributed by atoms with Gasteiger partial charge < -0.3 is 19.3 Å². The monoisotopic (exact) mass is 544 g/mol. The van der Waals surface area contributed by atoms with Crippen LogP contribution in [0.4, 0.5) is 10.6 Å². The van der Waals surface area contributed by atoms with Gasteiger partial charge in [-0.05, 0) is 62.6 Å². The van der Waals surface area contributed by atoms with E-state index >= 15 is 0 Å². The van der Waals surface area contributed by atoms with Crippen LogP contribution in [0.5, 0.6) is 5.88 Å². The molecule has 1 amide bonds. The van der Waals surface area contributed by atoms with Gasteiger partial charge in [-0.2, -0.15) is 4.31 Å². The minimum Gasteiger partial charge on any atom is -0.476 e. The van der Waals surface area contributed by atoms with Gasteiger partial charge in [0.05, 0.1) is 24.8 Å². The van der Waals surface area contributed by atoms with Crippen molar-refractivity contribution in [2.45, 2.75) is 44.6 Å². The predicted molar refractivity (Wildman–Crippen MR) is 141 cm³/mol. The van der Waals surface area contributed by atoms with Crippen LogP contribution in [-0.2, 0) is 21.2 Å². The molecule has 1 aliphatic carbocycles. The van der Waals surface area contributed by atoms with Gasteiger partial charge in [0.15, 0.2) is 0 Å². The normalized spacial score (nSPS) is 20.2. The van der Waals surface area contributed by atoms with Gasteiger partial charge >= 0.3 is 6.09 Å². The molecule has 11 nitrogen and oxygen atoms in total. The Bertz CT molecular complexity index is 1180. The zero-order valence-electron chi connectivity index (χ0n) is 21.9. The maximum atomic E-state index is 12.8. The van der Waals surface area contributed by atoms with Crippen LogP contribution in [0.15, 0.2) is 36.9 Å². The Morgan fingerprint density at radius 1 is 1.03 bits per heavy atom. The Morgan fingerprint density at radius 2 is 1.74 bits per heavy atom. The molecule has 2 aromatic heterocycles. The van der Waals surface area contributed by atoms with E-state index in [0.717, 1.165) is 31.2 Å². The molecule has 3 aliphatic rings. The summed E-state index contributed by atoms with van der Waals surface area (Å²) >= 11 is 0. The van der Waals surface area contributed by atoms with Crippen molar-refractivity contribution in [2.75, 3.05) is 56.5 Å². The number of piperidine rings is 1. The fourth-order valence-corrected chi connectivity index (χ4v) is 6.18. The van der Waals surface area contributed by atoms with E-state index in [0.29, 0.717) is 69.9 Å². The lowest BCUT2D eigenvalue weighted by Crippen LogP contribution is -2.49. The van der Waals surface area contributed by atoms with Gasteiger partial charge in [-0.1, -0.05) is 0 Å². The number of likely N-dealkylation sites (tertiary alicyclic amines) is 1. The van der Waals surface area contributed by atoms with E-state index < -0.39 is 10.0 Å². The number of hydrogen-bond donors (Lipinski definition) is 0. The maximum Gasteiger partial charge on any atom is 0.410 e. The Balaban J connectivity index is 1.02. The van der Waals surface area contributed by atoms with Crippen molar-refractivity contribution >= 4 is 21.9 Å². The lowest BCUT2D eigenvalue weighted by molar-refractivity contribution is 0.0454. The van der Waals surface area contributed by atoms with Crippen molar-refractivity contribution in [2.24, 2.45) is 5.92 Å². The molecule has 206 valence electrons. The van der Waals surface area contributed by atoms with Crippen molar-refractivity contribution in [1.82, 2.24) is 24.2 Å². The highest BCUT2D eigenvalue weighted by Crippen LogP contribution is 2.39. The Kier molecular flexibility index (Phi) is 7.98. The lowest BCUT2D eigenvalue weighted by atomic mass is 9.98. The summed E-state index contributed by atoms with van der Waals surface area (Å²) in [6.45, 7) is 5.83. The molecule has 2 aromatic rings. The number of ether oxygens (including phenoxy) is 2. The minimum atomic E-state index is -3.32. The molecule has 4 heterocycles. The second-order valence-corrected chi connectivity index (χ2v) is 12.7. The molecule has 5 rings (SSSR count). The van der Waals surface area contributed by atoms with Crippen LogP contribution in [0, 0.1) is 5.92 Å². The largest absolute Gasteiger partial charge is 0.476 e. The van der Waals surface area contributed by atoms with Crippen molar-refractivity contribution in [3.8, 4) is 5.88 Å². The number of anilines is 1. The quantitative estimate of drug-likeness (QED) is 0.469. The van der Waals surface area contributed by atoms with E-state index in [1.54, 1.807) is 34.0 Å². The summed E-state index contributed by atoms with van der Waals surface area (Å²) in [5.74, 6) is 1.62. The molecule has 3 fully saturated rings. The van der Waals surface area contributed by atoms with Crippen molar-refractivity contribution in [1.29, 1.82) is 0 Å². The lowest BCUT2D eigenvalue weighted by Gasteiger charge is -2.34. The summed E-state index contributed by atoms with van der Waals surface area (Å²) in [5.41, 5.74) is 0.724. The first-order valence-electron chi connectivity index (χ1n) is 13.3. The summed E-state index contributed by atoms with van der Waals surface area (Å²) in [4.78, 5) is 29.0. The standard InChI is InChI=1S/C26H36N6O5S/c1-26(7-8-26)37-25(33)31-11-4-22(5-12-31)20-36-24-19-28-23(18-29-24)30-13-15-32(16-14-30)38(34,35)17-6-21-2-9-27-10-3-21/h2-3,9-10,18-19,22H,4-8,11-17,20H2,1H3. The highest BCUT2D eigenvalue weighted by atomic mass is 32.2. The number of carbonyl (C=O) groups is 1. The van der Waals surface area contributed by atoms with E-state index in [2.05, 4.69) is 15.0 Å². The van der Waals surface area contributed by atoms with Crippen LogP contribution in [-0.4, -0.2) is 95.9 Å². The zero-order chi connectivity index (χ0) is 26.6. The van der Waals surface area contributed by atoms with Crippen LogP contribution in [0.3, 0.4) is 0 Å². The van der Waals surface area contributed by atoms with Crippen molar-refractivity contribution in [3.63, 3.8) is 0 Å². The number of piperazine rings is 1. The first-order valence-corrected chi connectivity index (χ1v) is 15.0. The van der Waals surface area contributed by atoms with E-state index in [1.165, 1.54) is 0 Å². The Hall–Kier alpha value is -2.99. The fourth-order valence-electron chi connectivity index (χ4n) is 4.71.